The summed E-state index contributed by atoms with van der Waals surface area (Å²) >= 11 is 0. The molecule has 0 bridgehead atoms. The molecule has 3 rings (SSSR count). The second-order valence-electron chi connectivity index (χ2n) is 5.77. The minimum Gasteiger partial charge on any atom is -0.336 e. The molecule has 1 aliphatic heterocycles. The third-order valence-corrected chi connectivity index (χ3v) is 4.21. The van der Waals surface area contributed by atoms with Crippen molar-refractivity contribution in [3.05, 3.63) is 18.7 Å². The minimum atomic E-state index is 0.773. The molecule has 0 amide bonds. The Labute approximate surface area is 109 Å². The van der Waals surface area contributed by atoms with Gasteiger partial charge < -0.3 is 14.8 Å². The van der Waals surface area contributed by atoms with Crippen molar-refractivity contribution in [1.29, 1.82) is 0 Å². The third-order valence-electron chi connectivity index (χ3n) is 4.21. The van der Waals surface area contributed by atoms with Crippen LogP contribution in [0, 0.1) is 5.92 Å². The normalized spacial score (nSPS) is 22.4. The number of nitrogens with one attached hydrogen (secondary N) is 1. The van der Waals surface area contributed by atoms with Gasteiger partial charge in [-0.2, -0.15) is 0 Å². The van der Waals surface area contributed by atoms with E-state index in [2.05, 4.69) is 19.8 Å². The van der Waals surface area contributed by atoms with Crippen molar-refractivity contribution in [3.63, 3.8) is 0 Å². The van der Waals surface area contributed by atoms with Crippen LogP contribution in [0.15, 0.2) is 18.7 Å². The summed E-state index contributed by atoms with van der Waals surface area (Å²) in [4.78, 5) is 6.66. The lowest BCUT2D eigenvalue weighted by Gasteiger charge is -2.32. The van der Waals surface area contributed by atoms with E-state index in [1.165, 1.54) is 45.3 Å². The Morgan fingerprint density at radius 1 is 1.11 bits per heavy atom. The molecule has 2 heterocycles. The number of aromatic nitrogens is 2. The summed E-state index contributed by atoms with van der Waals surface area (Å²) in [6, 6.07) is 0.773. The first-order valence-electron chi connectivity index (χ1n) is 7.31. The highest BCUT2D eigenvalue weighted by atomic mass is 15.2. The zero-order valence-electron chi connectivity index (χ0n) is 11.1. The molecule has 0 aromatic carbocycles. The molecular formula is C14H24N4. The molecule has 0 atom stereocenters. The van der Waals surface area contributed by atoms with Crippen LogP contribution in [-0.2, 0) is 6.54 Å². The van der Waals surface area contributed by atoms with Gasteiger partial charge in [-0.05, 0) is 51.2 Å². The molecule has 1 saturated carbocycles. The van der Waals surface area contributed by atoms with Gasteiger partial charge in [0.1, 0.15) is 0 Å². The average Bonchev–Trinajstić information content (AvgIpc) is 3.09. The van der Waals surface area contributed by atoms with Gasteiger partial charge in [0, 0.05) is 31.5 Å². The van der Waals surface area contributed by atoms with Crippen molar-refractivity contribution in [2.75, 3.05) is 26.2 Å². The number of hydrogen-bond donors (Lipinski definition) is 1. The fourth-order valence-electron chi connectivity index (χ4n) is 2.69. The topological polar surface area (TPSA) is 33.1 Å². The molecule has 1 aliphatic carbocycles. The van der Waals surface area contributed by atoms with E-state index >= 15 is 0 Å². The molecular weight excluding hydrogens is 224 g/mol. The molecule has 0 radical (unpaired) electrons. The van der Waals surface area contributed by atoms with Gasteiger partial charge in [0.15, 0.2) is 0 Å². The molecule has 1 aromatic heterocycles. The van der Waals surface area contributed by atoms with Crippen molar-refractivity contribution in [2.45, 2.75) is 38.3 Å². The predicted molar refractivity (Wildman–Crippen MR) is 72.4 cm³/mol. The van der Waals surface area contributed by atoms with Crippen molar-refractivity contribution in [1.82, 2.24) is 19.8 Å². The van der Waals surface area contributed by atoms with Crippen LogP contribution < -0.4 is 5.32 Å². The van der Waals surface area contributed by atoms with Gasteiger partial charge in [-0.15, -0.1) is 0 Å². The lowest BCUT2D eigenvalue weighted by Crippen LogP contribution is -2.43. The molecule has 18 heavy (non-hydrogen) atoms. The van der Waals surface area contributed by atoms with E-state index in [1.54, 1.807) is 0 Å². The molecule has 2 fully saturated rings. The smallest absolute Gasteiger partial charge is 0.0946 e. The lowest BCUT2D eigenvalue weighted by molar-refractivity contribution is 0.191. The van der Waals surface area contributed by atoms with E-state index in [1.807, 2.05) is 18.7 Å². The molecule has 1 N–H and O–H groups in total. The van der Waals surface area contributed by atoms with Crippen LogP contribution in [0.1, 0.15) is 25.7 Å². The van der Waals surface area contributed by atoms with E-state index < -0.39 is 0 Å². The second-order valence-corrected chi connectivity index (χ2v) is 5.77. The fraction of sp³-hybridized carbons (Fsp3) is 0.786. The standard InChI is InChI=1S/C14H24N4/c1-2-13(1)11-16-14-3-6-17(7-4-14)9-10-18-8-5-15-12-18/h5,8,12-14,16H,1-4,6-7,9-11H2. The van der Waals surface area contributed by atoms with Crippen LogP contribution in [0.4, 0.5) is 0 Å². The van der Waals surface area contributed by atoms with E-state index in [-0.39, 0.29) is 0 Å². The first-order chi connectivity index (χ1) is 8.90. The van der Waals surface area contributed by atoms with Gasteiger partial charge in [-0.1, -0.05) is 0 Å². The van der Waals surface area contributed by atoms with Gasteiger partial charge in [-0.3, -0.25) is 0 Å². The average molecular weight is 248 g/mol. The number of hydrogen-bond acceptors (Lipinski definition) is 3. The summed E-state index contributed by atoms with van der Waals surface area (Å²) in [7, 11) is 0. The number of piperidine rings is 1. The largest absolute Gasteiger partial charge is 0.336 e. The highest BCUT2D eigenvalue weighted by molar-refractivity contribution is 4.82. The zero-order chi connectivity index (χ0) is 12.2. The van der Waals surface area contributed by atoms with Crippen LogP contribution in [0.2, 0.25) is 0 Å². The fourth-order valence-corrected chi connectivity index (χ4v) is 2.69. The minimum absolute atomic E-state index is 0.773. The monoisotopic (exact) mass is 248 g/mol. The molecule has 0 unspecified atom stereocenters. The Hall–Kier alpha value is -0.870. The SMILES string of the molecule is c1cn(CCN2CCC(NCC3CC3)CC2)cn1. The summed E-state index contributed by atoms with van der Waals surface area (Å²) in [5.41, 5.74) is 0. The molecule has 1 aromatic rings. The molecule has 4 heteroatoms. The summed E-state index contributed by atoms with van der Waals surface area (Å²) in [5, 5.41) is 3.73. The van der Waals surface area contributed by atoms with Gasteiger partial charge >= 0.3 is 0 Å². The lowest BCUT2D eigenvalue weighted by atomic mass is 10.0. The molecule has 100 valence electrons. The summed E-state index contributed by atoms with van der Waals surface area (Å²) < 4.78 is 2.16. The van der Waals surface area contributed by atoms with Crippen molar-refractivity contribution >= 4 is 0 Å². The van der Waals surface area contributed by atoms with Gasteiger partial charge in [0.2, 0.25) is 0 Å². The van der Waals surface area contributed by atoms with Crippen molar-refractivity contribution in [2.24, 2.45) is 5.92 Å². The molecule has 0 spiro atoms. The summed E-state index contributed by atoms with van der Waals surface area (Å²) in [6.07, 6.45) is 11.3. The molecule has 4 nitrogen and oxygen atoms in total. The maximum Gasteiger partial charge on any atom is 0.0946 e. The quantitative estimate of drug-likeness (QED) is 0.825. The van der Waals surface area contributed by atoms with Crippen LogP contribution >= 0.6 is 0 Å². The second kappa shape index (κ2) is 5.85. The Morgan fingerprint density at radius 2 is 1.94 bits per heavy atom. The van der Waals surface area contributed by atoms with Crippen molar-refractivity contribution in [3.8, 4) is 0 Å². The summed E-state index contributed by atoms with van der Waals surface area (Å²) in [5.74, 6) is 1.00. The van der Waals surface area contributed by atoms with Gasteiger partial charge in [0.05, 0.1) is 6.33 Å². The predicted octanol–water partition coefficient (Wildman–Crippen LogP) is 1.35. The highest BCUT2D eigenvalue weighted by Gasteiger charge is 2.24. The molecule has 1 saturated heterocycles. The number of nitrogens with zero attached hydrogens (tertiary/aromatic N) is 3. The number of rotatable bonds is 6. The Morgan fingerprint density at radius 3 is 2.61 bits per heavy atom. The Balaban J connectivity index is 1.32. The van der Waals surface area contributed by atoms with Gasteiger partial charge in [0.25, 0.3) is 0 Å². The summed E-state index contributed by atoms with van der Waals surface area (Å²) in [6.45, 7) is 5.99. The maximum absolute atomic E-state index is 4.08. The number of likely N-dealkylation sites (tertiary alicyclic amines) is 1. The van der Waals surface area contributed by atoms with Crippen molar-refractivity contribution < 1.29 is 0 Å². The van der Waals surface area contributed by atoms with E-state index in [0.717, 1.165) is 25.0 Å². The van der Waals surface area contributed by atoms with E-state index in [0.29, 0.717) is 0 Å². The van der Waals surface area contributed by atoms with Crippen LogP contribution in [-0.4, -0.2) is 46.7 Å². The Bertz CT molecular complexity index is 337. The van der Waals surface area contributed by atoms with Crippen LogP contribution in [0.3, 0.4) is 0 Å². The third kappa shape index (κ3) is 3.56. The highest BCUT2D eigenvalue weighted by Crippen LogP contribution is 2.28. The molecule has 2 aliphatic rings. The van der Waals surface area contributed by atoms with Gasteiger partial charge in [-0.25, -0.2) is 4.98 Å². The maximum atomic E-state index is 4.08. The zero-order valence-corrected chi connectivity index (χ0v) is 11.1. The van der Waals surface area contributed by atoms with E-state index in [4.69, 9.17) is 0 Å². The van der Waals surface area contributed by atoms with E-state index in [9.17, 15) is 0 Å². The van der Waals surface area contributed by atoms with Crippen LogP contribution in [0.5, 0.6) is 0 Å². The Kier molecular flexibility index (Phi) is 3.96. The van der Waals surface area contributed by atoms with Crippen LogP contribution in [0.25, 0.3) is 0 Å². The number of imidazole rings is 1. The first kappa shape index (κ1) is 12.2. The first-order valence-corrected chi connectivity index (χ1v) is 7.31.